The van der Waals surface area contributed by atoms with Crippen LogP contribution < -0.4 is 14.9 Å². The zero-order valence-electron chi connectivity index (χ0n) is 16.3. The van der Waals surface area contributed by atoms with Crippen molar-refractivity contribution in [1.82, 2.24) is 5.32 Å². The van der Waals surface area contributed by atoms with Crippen molar-refractivity contribution in [3.63, 3.8) is 0 Å². The third kappa shape index (κ3) is 4.68. The number of nitrogens with one attached hydrogen (secondary N) is 2. The summed E-state index contributed by atoms with van der Waals surface area (Å²) in [5.41, 5.74) is 2.83. The van der Waals surface area contributed by atoms with E-state index in [1.165, 1.54) is 4.31 Å². The minimum atomic E-state index is -3.70. The number of hydrogen-bond donors (Lipinski definition) is 2. The number of aryl methyl sites for hydroxylation is 1. The molecule has 0 spiro atoms. The number of carbonyl (C=O) groups excluding carboxylic acids is 2. The van der Waals surface area contributed by atoms with Gasteiger partial charge >= 0.3 is 12.0 Å². The van der Waals surface area contributed by atoms with Gasteiger partial charge < -0.3 is 15.4 Å². The fourth-order valence-corrected chi connectivity index (χ4v) is 4.55. The van der Waals surface area contributed by atoms with Gasteiger partial charge in [-0.2, -0.15) is 0 Å². The monoisotopic (exact) mass is 417 g/mol. The zero-order valence-corrected chi connectivity index (χ0v) is 17.1. The lowest BCUT2D eigenvalue weighted by molar-refractivity contribution is -0.141. The summed E-state index contributed by atoms with van der Waals surface area (Å²) in [6.45, 7) is 3.90. The second-order valence-electron chi connectivity index (χ2n) is 6.60. The highest BCUT2D eigenvalue weighted by molar-refractivity contribution is 7.92. The van der Waals surface area contributed by atoms with E-state index >= 15 is 0 Å². The van der Waals surface area contributed by atoms with Crippen LogP contribution >= 0.6 is 0 Å². The minimum absolute atomic E-state index is 0.224. The van der Waals surface area contributed by atoms with Crippen LogP contribution in [0.3, 0.4) is 0 Å². The first-order valence-electron chi connectivity index (χ1n) is 9.24. The lowest BCUT2D eigenvalue weighted by Crippen LogP contribution is -2.34. The summed E-state index contributed by atoms with van der Waals surface area (Å²) in [6, 6.07) is 11.2. The number of ether oxygens (including phenoxy) is 1. The second kappa shape index (κ2) is 8.52. The molecule has 1 heterocycles. The van der Waals surface area contributed by atoms with Gasteiger partial charge in [0.1, 0.15) is 6.54 Å². The Morgan fingerprint density at radius 1 is 1.14 bits per heavy atom. The maximum Gasteiger partial charge on any atom is 0.325 e. The molecular weight excluding hydrogens is 394 g/mol. The first-order chi connectivity index (χ1) is 13.8. The van der Waals surface area contributed by atoms with Gasteiger partial charge in [0.05, 0.1) is 17.2 Å². The Morgan fingerprint density at radius 3 is 2.55 bits per heavy atom. The summed E-state index contributed by atoms with van der Waals surface area (Å²) in [5.74, 6) is -0.535. The molecule has 0 radical (unpaired) electrons. The van der Waals surface area contributed by atoms with Crippen molar-refractivity contribution in [3.05, 3.63) is 53.6 Å². The molecule has 0 aliphatic carbocycles. The average Bonchev–Trinajstić information content (AvgIpc) is 3.11. The Balaban J connectivity index is 1.76. The Hall–Kier alpha value is -3.07. The summed E-state index contributed by atoms with van der Waals surface area (Å²) >= 11 is 0. The van der Waals surface area contributed by atoms with Gasteiger partial charge in [-0.05, 0) is 50.1 Å². The van der Waals surface area contributed by atoms with Crippen molar-refractivity contribution in [2.75, 3.05) is 29.3 Å². The molecule has 2 N–H and O–H groups in total. The standard InChI is InChI=1S/C20H23N3O5S/c1-3-28-19(24)13-21-20(25)22-16-7-6-15-10-11-23(18(15)12-16)29(26,27)17-8-4-14(2)5-9-17/h4-9,12H,3,10-11,13H2,1-2H3,(H2,21,22,25). The van der Waals surface area contributed by atoms with Crippen LogP contribution in [0.4, 0.5) is 16.2 Å². The molecule has 0 fully saturated rings. The van der Waals surface area contributed by atoms with Gasteiger partial charge in [0.25, 0.3) is 10.0 Å². The number of fused-ring (bicyclic) bond motifs is 1. The molecule has 2 aromatic rings. The van der Waals surface area contributed by atoms with Crippen LogP contribution in [0.5, 0.6) is 0 Å². The number of benzene rings is 2. The maximum absolute atomic E-state index is 13.1. The van der Waals surface area contributed by atoms with Gasteiger partial charge in [-0.1, -0.05) is 23.8 Å². The molecule has 1 aliphatic heterocycles. The van der Waals surface area contributed by atoms with Gasteiger partial charge in [-0.15, -0.1) is 0 Å². The van der Waals surface area contributed by atoms with Gasteiger partial charge in [-0.25, -0.2) is 13.2 Å². The van der Waals surface area contributed by atoms with Gasteiger partial charge in [0.2, 0.25) is 0 Å². The van der Waals surface area contributed by atoms with Crippen LogP contribution in [0.25, 0.3) is 0 Å². The highest BCUT2D eigenvalue weighted by Gasteiger charge is 2.31. The van der Waals surface area contributed by atoms with Crippen molar-refractivity contribution in [3.8, 4) is 0 Å². The molecule has 0 bridgehead atoms. The van der Waals surface area contributed by atoms with E-state index in [0.717, 1.165) is 11.1 Å². The van der Waals surface area contributed by atoms with Gasteiger partial charge in [0.15, 0.2) is 0 Å². The first kappa shape index (κ1) is 20.7. The van der Waals surface area contributed by atoms with E-state index in [0.29, 0.717) is 24.3 Å². The molecule has 0 unspecified atom stereocenters. The molecule has 1 aliphatic rings. The van der Waals surface area contributed by atoms with Crippen molar-refractivity contribution >= 4 is 33.4 Å². The van der Waals surface area contributed by atoms with Gasteiger partial charge in [0, 0.05) is 12.2 Å². The van der Waals surface area contributed by atoms with E-state index in [1.807, 2.05) is 6.92 Å². The highest BCUT2D eigenvalue weighted by Crippen LogP contribution is 2.35. The van der Waals surface area contributed by atoms with E-state index in [4.69, 9.17) is 4.74 Å². The van der Waals surface area contributed by atoms with Gasteiger partial charge in [-0.3, -0.25) is 9.10 Å². The predicted molar refractivity (Wildman–Crippen MR) is 110 cm³/mol. The molecule has 9 heteroatoms. The number of urea groups is 1. The number of hydrogen-bond acceptors (Lipinski definition) is 5. The van der Waals surface area contributed by atoms with E-state index in [9.17, 15) is 18.0 Å². The molecule has 2 aromatic carbocycles. The van der Waals surface area contributed by atoms with Crippen molar-refractivity contribution in [2.24, 2.45) is 0 Å². The SMILES string of the molecule is CCOC(=O)CNC(=O)Nc1ccc2c(c1)N(S(=O)(=O)c1ccc(C)cc1)CC2. The summed E-state index contributed by atoms with van der Waals surface area (Å²) < 4.78 is 32.2. The predicted octanol–water partition coefficient (Wildman–Crippen LogP) is 2.43. The molecule has 2 amide bonds. The maximum atomic E-state index is 13.1. The molecule has 0 saturated heterocycles. The third-order valence-corrected chi connectivity index (χ3v) is 6.33. The molecule has 29 heavy (non-hydrogen) atoms. The lowest BCUT2D eigenvalue weighted by atomic mass is 10.1. The van der Waals surface area contributed by atoms with E-state index < -0.39 is 22.0 Å². The number of esters is 1. The normalized spacial score (nSPS) is 13.0. The fraction of sp³-hybridized carbons (Fsp3) is 0.300. The topological polar surface area (TPSA) is 105 Å². The average molecular weight is 417 g/mol. The zero-order chi connectivity index (χ0) is 21.0. The smallest absolute Gasteiger partial charge is 0.325 e. The Kier molecular flexibility index (Phi) is 6.07. The van der Waals surface area contributed by atoms with Crippen molar-refractivity contribution in [1.29, 1.82) is 0 Å². The van der Waals surface area contributed by atoms with E-state index in [2.05, 4.69) is 10.6 Å². The van der Waals surface area contributed by atoms with E-state index in [1.54, 1.807) is 49.4 Å². The fourth-order valence-electron chi connectivity index (χ4n) is 3.05. The third-order valence-electron chi connectivity index (χ3n) is 4.50. The van der Waals surface area contributed by atoms with Crippen LogP contribution in [0.1, 0.15) is 18.1 Å². The van der Waals surface area contributed by atoms with E-state index in [-0.39, 0.29) is 18.0 Å². The first-order valence-corrected chi connectivity index (χ1v) is 10.7. The summed E-state index contributed by atoms with van der Waals surface area (Å²) in [6.07, 6.45) is 0.593. The Morgan fingerprint density at radius 2 is 1.86 bits per heavy atom. The molecule has 0 saturated carbocycles. The van der Waals surface area contributed by atoms with Crippen LogP contribution in [-0.2, 0) is 26.0 Å². The minimum Gasteiger partial charge on any atom is -0.465 e. The second-order valence-corrected chi connectivity index (χ2v) is 8.46. The molecular formula is C20H23N3O5S. The number of nitrogens with zero attached hydrogens (tertiary/aromatic N) is 1. The van der Waals surface area contributed by atoms with Crippen LogP contribution in [0.15, 0.2) is 47.4 Å². The molecule has 0 aromatic heterocycles. The van der Waals surface area contributed by atoms with Crippen molar-refractivity contribution < 1.29 is 22.7 Å². The number of sulfonamides is 1. The number of carbonyl (C=O) groups is 2. The molecule has 3 rings (SSSR count). The van der Waals surface area contributed by atoms with Crippen molar-refractivity contribution in [2.45, 2.75) is 25.2 Å². The largest absolute Gasteiger partial charge is 0.465 e. The molecule has 0 atom stereocenters. The quantitative estimate of drug-likeness (QED) is 0.703. The van der Waals surface area contributed by atoms with Crippen LogP contribution in [0.2, 0.25) is 0 Å². The molecule has 8 nitrogen and oxygen atoms in total. The summed E-state index contributed by atoms with van der Waals surface area (Å²) in [4.78, 5) is 23.5. The number of amides is 2. The van der Waals surface area contributed by atoms with Crippen LogP contribution in [-0.4, -0.2) is 40.1 Å². The summed E-state index contributed by atoms with van der Waals surface area (Å²) in [5, 5.41) is 5.01. The van der Waals surface area contributed by atoms with Crippen LogP contribution in [0, 0.1) is 6.92 Å². The summed E-state index contributed by atoms with van der Waals surface area (Å²) in [7, 11) is -3.70. The lowest BCUT2D eigenvalue weighted by Gasteiger charge is -2.20. The number of anilines is 2. The Bertz CT molecular complexity index is 1020. The number of rotatable bonds is 6. The Labute approximate surface area is 169 Å². The molecule has 154 valence electrons. The highest BCUT2D eigenvalue weighted by atomic mass is 32.2.